The summed E-state index contributed by atoms with van der Waals surface area (Å²) in [5.41, 5.74) is 0. The fraction of sp³-hybridized carbons (Fsp3) is 1.00. The second kappa shape index (κ2) is 18.4. The minimum atomic E-state index is 0.848. The lowest BCUT2D eigenvalue weighted by atomic mass is 9.85. The van der Waals surface area contributed by atoms with Gasteiger partial charge in [-0.1, -0.05) is 127 Å². The molecule has 0 aliphatic rings. The van der Waals surface area contributed by atoms with Crippen LogP contribution in [0.5, 0.6) is 0 Å². The van der Waals surface area contributed by atoms with Crippen LogP contribution in [0.1, 0.15) is 133 Å². The van der Waals surface area contributed by atoms with Crippen LogP contribution in [-0.2, 0) is 0 Å². The summed E-state index contributed by atoms with van der Waals surface area (Å²) in [7, 11) is 0. The van der Waals surface area contributed by atoms with Gasteiger partial charge in [-0.05, 0) is 41.9 Å². The second-order valence-electron chi connectivity index (χ2n) is 10.2. The number of hydrogen-bond donors (Lipinski definition) is 0. The summed E-state index contributed by atoms with van der Waals surface area (Å²) in [6.07, 6.45) is 14.1. The van der Waals surface area contributed by atoms with Gasteiger partial charge in [0.15, 0.2) is 0 Å². The molecule has 0 aromatic carbocycles. The maximum absolute atomic E-state index is 2.42. The molecule has 4 atom stereocenters. The number of hydrogen-bond acceptors (Lipinski definition) is 0. The Kier molecular flexibility index (Phi) is 19.9. The molecule has 0 saturated carbocycles. The van der Waals surface area contributed by atoms with Gasteiger partial charge < -0.3 is 0 Å². The molecule has 0 aromatic heterocycles. The quantitative estimate of drug-likeness (QED) is 0.286. The molecule has 26 heavy (non-hydrogen) atoms. The molecule has 0 bridgehead atoms. The van der Waals surface area contributed by atoms with Crippen molar-refractivity contribution in [1.82, 2.24) is 0 Å². The second-order valence-corrected chi connectivity index (χ2v) is 10.2. The first kappa shape index (κ1) is 28.2. The largest absolute Gasteiger partial charge is 0.0654 e. The third-order valence-corrected chi connectivity index (χ3v) is 6.29. The van der Waals surface area contributed by atoms with Crippen molar-refractivity contribution in [2.45, 2.75) is 133 Å². The third kappa shape index (κ3) is 20.3. The van der Waals surface area contributed by atoms with Gasteiger partial charge in [-0.2, -0.15) is 0 Å². The zero-order valence-electron chi connectivity index (χ0n) is 20.5. The van der Waals surface area contributed by atoms with E-state index in [9.17, 15) is 0 Å². The lowest BCUT2D eigenvalue weighted by Crippen LogP contribution is -2.10. The van der Waals surface area contributed by atoms with Gasteiger partial charge in [0.05, 0.1) is 0 Å². The van der Waals surface area contributed by atoms with Gasteiger partial charge >= 0.3 is 0 Å². The van der Waals surface area contributed by atoms with Crippen molar-refractivity contribution in [3.05, 3.63) is 0 Å². The first-order valence-electron chi connectivity index (χ1n) is 12.1. The molecule has 160 valence electrons. The highest BCUT2D eigenvalue weighted by Gasteiger charge is 2.12. The topological polar surface area (TPSA) is 0 Å². The molecule has 0 aliphatic heterocycles. The average Bonchev–Trinajstić information content (AvgIpc) is 2.57. The highest BCUT2D eigenvalue weighted by molar-refractivity contribution is 4.64. The predicted octanol–water partition coefficient (Wildman–Crippen LogP) is 9.77. The first-order chi connectivity index (χ1) is 12.1. The van der Waals surface area contributed by atoms with E-state index in [1.54, 1.807) is 0 Å². The van der Waals surface area contributed by atoms with Crippen LogP contribution in [0.15, 0.2) is 0 Å². The number of rotatable bonds is 14. The predicted molar refractivity (Wildman–Crippen MR) is 124 cm³/mol. The summed E-state index contributed by atoms with van der Waals surface area (Å²) in [4.78, 5) is 0. The molecule has 0 heterocycles. The minimum absolute atomic E-state index is 0.848. The van der Waals surface area contributed by atoms with Gasteiger partial charge in [-0.25, -0.2) is 0 Å². The Labute approximate surface area is 169 Å². The molecule has 0 nitrogen and oxygen atoms in total. The Morgan fingerprint density at radius 3 is 1.54 bits per heavy atom. The van der Waals surface area contributed by atoms with Crippen LogP contribution in [0, 0.1) is 35.5 Å². The Hall–Kier alpha value is 0. The lowest BCUT2D eigenvalue weighted by molar-refractivity contribution is 0.305. The average molecular weight is 369 g/mol. The molecule has 0 aromatic rings. The van der Waals surface area contributed by atoms with Gasteiger partial charge in [0.2, 0.25) is 0 Å². The molecule has 0 N–H and O–H groups in total. The molecule has 0 spiro atoms. The molecule has 0 heteroatoms. The molecule has 0 saturated heterocycles. The standard InChI is InChI=1S/C14H30.C12H26/c1-7-12(4)8-9-13(5)10-14(6)11(2)3;1-5-6-9-12(4)10-7-8-11(2)3/h11-14H,7-10H2,1-6H3;11-12H,5-10H2,1-4H3. The molecule has 0 fully saturated rings. The fourth-order valence-electron chi connectivity index (χ4n) is 3.37. The van der Waals surface area contributed by atoms with Crippen molar-refractivity contribution in [3.63, 3.8) is 0 Å². The van der Waals surface area contributed by atoms with E-state index in [2.05, 4.69) is 69.2 Å². The summed E-state index contributed by atoms with van der Waals surface area (Å²) in [6, 6.07) is 0. The molecule has 0 aliphatic carbocycles. The van der Waals surface area contributed by atoms with Crippen LogP contribution in [0.3, 0.4) is 0 Å². The summed E-state index contributed by atoms with van der Waals surface area (Å²) in [5, 5.41) is 0. The zero-order valence-corrected chi connectivity index (χ0v) is 20.5. The smallest absolute Gasteiger partial charge is 0.0417 e. The van der Waals surface area contributed by atoms with E-state index in [4.69, 9.17) is 0 Å². The van der Waals surface area contributed by atoms with E-state index >= 15 is 0 Å². The summed E-state index contributed by atoms with van der Waals surface area (Å²) in [5.74, 6) is 5.43. The molecule has 0 rings (SSSR count). The molecular weight excluding hydrogens is 312 g/mol. The van der Waals surface area contributed by atoms with E-state index in [0.717, 1.165) is 35.5 Å². The number of unbranched alkanes of at least 4 members (excludes halogenated alkanes) is 1. The van der Waals surface area contributed by atoms with Crippen LogP contribution < -0.4 is 0 Å². The van der Waals surface area contributed by atoms with Crippen molar-refractivity contribution in [2.75, 3.05) is 0 Å². The molecule has 0 amide bonds. The monoisotopic (exact) mass is 368 g/mol. The van der Waals surface area contributed by atoms with Crippen molar-refractivity contribution in [2.24, 2.45) is 35.5 Å². The van der Waals surface area contributed by atoms with E-state index in [1.165, 1.54) is 64.2 Å². The lowest BCUT2D eigenvalue weighted by Gasteiger charge is -2.21. The van der Waals surface area contributed by atoms with Crippen LogP contribution in [0.25, 0.3) is 0 Å². The normalized spacial score (nSPS) is 16.2. The fourth-order valence-corrected chi connectivity index (χ4v) is 3.37. The Bertz CT molecular complexity index is 265. The highest BCUT2D eigenvalue weighted by Crippen LogP contribution is 2.24. The van der Waals surface area contributed by atoms with Gasteiger partial charge in [0.1, 0.15) is 0 Å². The minimum Gasteiger partial charge on any atom is -0.0654 e. The van der Waals surface area contributed by atoms with Gasteiger partial charge in [-0.15, -0.1) is 0 Å². The third-order valence-electron chi connectivity index (χ3n) is 6.29. The maximum atomic E-state index is 2.42. The summed E-state index contributed by atoms with van der Waals surface area (Å²) in [6.45, 7) is 23.5. The maximum Gasteiger partial charge on any atom is -0.0417 e. The summed E-state index contributed by atoms with van der Waals surface area (Å²) >= 11 is 0. The zero-order chi connectivity index (χ0) is 20.5. The van der Waals surface area contributed by atoms with Crippen LogP contribution >= 0.6 is 0 Å². The first-order valence-corrected chi connectivity index (χ1v) is 12.1. The molecular formula is C26H56. The van der Waals surface area contributed by atoms with E-state index in [1.807, 2.05) is 0 Å². The van der Waals surface area contributed by atoms with Gasteiger partial charge in [0.25, 0.3) is 0 Å². The van der Waals surface area contributed by atoms with Crippen LogP contribution in [0.4, 0.5) is 0 Å². The van der Waals surface area contributed by atoms with Gasteiger partial charge in [0, 0.05) is 0 Å². The van der Waals surface area contributed by atoms with Crippen molar-refractivity contribution < 1.29 is 0 Å². The SMILES string of the molecule is CCC(C)CCC(C)CC(C)C(C)C.CCCCC(C)CCCC(C)C. The van der Waals surface area contributed by atoms with E-state index in [-0.39, 0.29) is 0 Å². The van der Waals surface area contributed by atoms with Crippen LogP contribution in [0.2, 0.25) is 0 Å². The Morgan fingerprint density at radius 2 is 1.08 bits per heavy atom. The van der Waals surface area contributed by atoms with Crippen molar-refractivity contribution in [3.8, 4) is 0 Å². The molecule has 4 unspecified atom stereocenters. The van der Waals surface area contributed by atoms with E-state index < -0.39 is 0 Å². The molecule has 0 radical (unpaired) electrons. The van der Waals surface area contributed by atoms with Crippen molar-refractivity contribution in [1.29, 1.82) is 0 Å². The Morgan fingerprint density at radius 1 is 0.538 bits per heavy atom. The van der Waals surface area contributed by atoms with Crippen LogP contribution in [-0.4, -0.2) is 0 Å². The summed E-state index contributed by atoms with van der Waals surface area (Å²) < 4.78 is 0. The highest BCUT2D eigenvalue weighted by atomic mass is 14.2. The Balaban J connectivity index is 0. The van der Waals surface area contributed by atoms with Crippen molar-refractivity contribution >= 4 is 0 Å². The van der Waals surface area contributed by atoms with Gasteiger partial charge in [-0.3, -0.25) is 0 Å². The van der Waals surface area contributed by atoms with E-state index in [0.29, 0.717) is 0 Å².